The van der Waals surface area contributed by atoms with Gasteiger partial charge in [0, 0.05) is 19.6 Å². The van der Waals surface area contributed by atoms with Gasteiger partial charge in [0.25, 0.3) is 5.91 Å². The van der Waals surface area contributed by atoms with Crippen LogP contribution in [0.25, 0.3) is 0 Å². The van der Waals surface area contributed by atoms with E-state index >= 15 is 0 Å². The smallest absolute Gasteiger partial charge is 0.259 e. The van der Waals surface area contributed by atoms with Crippen molar-refractivity contribution in [1.29, 1.82) is 0 Å². The molecule has 0 radical (unpaired) electrons. The SMILES string of the molecule is CN(C)C/C=C/C(=O)C1(C(N)=O)CNCCO1. The molecule has 1 aliphatic heterocycles. The van der Waals surface area contributed by atoms with E-state index in [2.05, 4.69) is 5.32 Å². The number of nitrogens with two attached hydrogens (primary N) is 1. The molecule has 1 saturated heterocycles. The molecule has 0 spiro atoms. The Labute approximate surface area is 101 Å². The first-order chi connectivity index (χ1) is 7.99. The van der Waals surface area contributed by atoms with E-state index in [1.807, 2.05) is 19.0 Å². The number of likely N-dealkylation sites (N-methyl/N-ethyl adjacent to an activating group) is 1. The van der Waals surface area contributed by atoms with Gasteiger partial charge in [-0.15, -0.1) is 0 Å². The van der Waals surface area contributed by atoms with Gasteiger partial charge < -0.3 is 20.7 Å². The van der Waals surface area contributed by atoms with Gasteiger partial charge in [-0.05, 0) is 20.2 Å². The molecule has 1 unspecified atom stereocenters. The highest BCUT2D eigenvalue weighted by molar-refractivity contribution is 6.14. The molecule has 3 N–H and O–H groups in total. The van der Waals surface area contributed by atoms with Crippen molar-refractivity contribution in [3.8, 4) is 0 Å². The molecule has 1 amide bonds. The van der Waals surface area contributed by atoms with Crippen molar-refractivity contribution in [1.82, 2.24) is 10.2 Å². The van der Waals surface area contributed by atoms with Crippen molar-refractivity contribution in [2.24, 2.45) is 5.73 Å². The van der Waals surface area contributed by atoms with Crippen LogP contribution >= 0.6 is 0 Å². The molecule has 1 heterocycles. The molecule has 1 atom stereocenters. The maximum Gasteiger partial charge on any atom is 0.259 e. The number of rotatable bonds is 5. The Bertz CT molecular complexity index is 320. The Morgan fingerprint density at radius 3 is 2.71 bits per heavy atom. The zero-order chi connectivity index (χ0) is 12.9. The van der Waals surface area contributed by atoms with Crippen molar-refractivity contribution < 1.29 is 14.3 Å². The highest BCUT2D eigenvalue weighted by atomic mass is 16.5. The molecular weight excluding hydrogens is 222 g/mol. The number of ether oxygens (including phenoxy) is 1. The maximum absolute atomic E-state index is 12.0. The van der Waals surface area contributed by atoms with E-state index in [9.17, 15) is 9.59 Å². The third kappa shape index (κ3) is 3.36. The minimum absolute atomic E-state index is 0.132. The van der Waals surface area contributed by atoms with Crippen LogP contribution in [0.4, 0.5) is 0 Å². The molecule has 1 fully saturated rings. The fourth-order valence-electron chi connectivity index (χ4n) is 1.56. The Morgan fingerprint density at radius 2 is 2.24 bits per heavy atom. The number of hydrogen-bond acceptors (Lipinski definition) is 5. The zero-order valence-electron chi connectivity index (χ0n) is 10.2. The molecule has 0 bridgehead atoms. The normalized spacial score (nSPS) is 25.4. The lowest BCUT2D eigenvalue weighted by Gasteiger charge is -2.32. The van der Waals surface area contributed by atoms with E-state index in [1.165, 1.54) is 6.08 Å². The lowest BCUT2D eigenvalue weighted by atomic mass is 9.95. The molecule has 6 heteroatoms. The van der Waals surface area contributed by atoms with Crippen molar-refractivity contribution in [3.63, 3.8) is 0 Å². The molecule has 96 valence electrons. The zero-order valence-corrected chi connectivity index (χ0v) is 10.2. The Kier molecular flexibility index (Phi) is 4.80. The first-order valence-electron chi connectivity index (χ1n) is 5.49. The van der Waals surface area contributed by atoms with Gasteiger partial charge in [0.2, 0.25) is 5.60 Å². The molecule has 17 heavy (non-hydrogen) atoms. The summed E-state index contributed by atoms with van der Waals surface area (Å²) < 4.78 is 5.29. The third-order valence-electron chi connectivity index (χ3n) is 2.54. The monoisotopic (exact) mass is 241 g/mol. The predicted molar refractivity (Wildman–Crippen MR) is 63.4 cm³/mol. The summed E-state index contributed by atoms with van der Waals surface area (Å²) in [6, 6.07) is 0. The Hall–Kier alpha value is -1.24. The average molecular weight is 241 g/mol. The van der Waals surface area contributed by atoms with Crippen LogP contribution in [-0.2, 0) is 14.3 Å². The number of carbonyl (C=O) groups is 2. The van der Waals surface area contributed by atoms with Crippen LogP contribution in [0.2, 0.25) is 0 Å². The van der Waals surface area contributed by atoms with Crippen LogP contribution in [0.15, 0.2) is 12.2 Å². The number of carbonyl (C=O) groups excluding carboxylic acids is 2. The van der Waals surface area contributed by atoms with Crippen LogP contribution in [-0.4, -0.2) is 62.5 Å². The second-order valence-electron chi connectivity index (χ2n) is 4.25. The molecule has 0 aliphatic carbocycles. The van der Waals surface area contributed by atoms with Crippen LogP contribution < -0.4 is 11.1 Å². The number of nitrogens with one attached hydrogen (secondary N) is 1. The van der Waals surface area contributed by atoms with Gasteiger partial charge >= 0.3 is 0 Å². The van der Waals surface area contributed by atoms with E-state index in [0.29, 0.717) is 19.7 Å². The highest BCUT2D eigenvalue weighted by Gasteiger charge is 2.45. The molecule has 6 nitrogen and oxygen atoms in total. The van der Waals surface area contributed by atoms with E-state index < -0.39 is 17.3 Å². The summed E-state index contributed by atoms with van der Waals surface area (Å²) in [5, 5.41) is 2.95. The van der Waals surface area contributed by atoms with Crippen molar-refractivity contribution in [2.75, 3.05) is 40.3 Å². The summed E-state index contributed by atoms with van der Waals surface area (Å²) in [5.41, 5.74) is 3.72. The fourth-order valence-corrected chi connectivity index (χ4v) is 1.56. The van der Waals surface area contributed by atoms with Gasteiger partial charge in [-0.2, -0.15) is 0 Å². The second kappa shape index (κ2) is 5.90. The number of ketones is 1. The summed E-state index contributed by atoms with van der Waals surface area (Å²) in [6.07, 6.45) is 3.04. The summed E-state index contributed by atoms with van der Waals surface area (Å²) in [6.45, 7) is 1.67. The van der Waals surface area contributed by atoms with Gasteiger partial charge in [0.1, 0.15) is 0 Å². The van der Waals surface area contributed by atoms with E-state index in [0.717, 1.165) is 0 Å². The molecule has 1 rings (SSSR count). The summed E-state index contributed by atoms with van der Waals surface area (Å²) in [4.78, 5) is 25.3. The van der Waals surface area contributed by atoms with Crippen molar-refractivity contribution >= 4 is 11.7 Å². The first kappa shape index (κ1) is 13.8. The van der Waals surface area contributed by atoms with Gasteiger partial charge in [0.15, 0.2) is 5.78 Å². The quantitative estimate of drug-likeness (QED) is 0.453. The Balaban J connectivity index is 2.74. The molecule has 1 aliphatic rings. The molecule has 0 aromatic heterocycles. The van der Waals surface area contributed by atoms with Crippen LogP contribution in [0.5, 0.6) is 0 Å². The largest absolute Gasteiger partial charge is 0.367 e. The first-order valence-corrected chi connectivity index (χ1v) is 5.49. The summed E-state index contributed by atoms with van der Waals surface area (Å²) >= 11 is 0. The fraction of sp³-hybridized carbons (Fsp3) is 0.636. The number of amides is 1. The number of morpholine rings is 1. The number of hydrogen-bond donors (Lipinski definition) is 2. The minimum atomic E-state index is -1.54. The Morgan fingerprint density at radius 1 is 1.53 bits per heavy atom. The average Bonchev–Trinajstić information content (AvgIpc) is 2.29. The number of primary amides is 1. The number of nitrogens with zero attached hydrogens (tertiary/aromatic N) is 1. The van der Waals surface area contributed by atoms with Crippen LogP contribution in [0.1, 0.15) is 0 Å². The van der Waals surface area contributed by atoms with E-state index in [1.54, 1.807) is 6.08 Å². The minimum Gasteiger partial charge on any atom is -0.367 e. The van der Waals surface area contributed by atoms with E-state index in [4.69, 9.17) is 10.5 Å². The third-order valence-corrected chi connectivity index (χ3v) is 2.54. The highest BCUT2D eigenvalue weighted by Crippen LogP contribution is 2.15. The topological polar surface area (TPSA) is 84.7 Å². The standard InChI is InChI=1S/C11H19N3O3/c1-14(2)6-3-4-9(15)11(10(12)16)8-13-5-7-17-11/h3-4,13H,5-8H2,1-2H3,(H2,12,16)/b4-3+. The van der Waals surface area contributed by atoms with Crippen molar-refractivity contribution in [3.05, 3.63) is 12.2 Å². The molecule has 0 aromatic carbocycles. The molecular formula is C11H19N3O3. The lowest BCUT2D eigenvalue weighted by molar-refractivity contribution is -0.157. The van der Waals surface area contributed by atoms with Gasteiger partial charge in [0.05, 0.1) is 6.61 Å². The van der Waals surface area contributed by atoms with Crippen molar-refractivity contribution in [2.45, 2.75) is 5.60 Å². The predicted octanol–water partition coefficient (Wildman–Crippen LogP) is -1.48. The van der Waals surface area contributed by atoms with Gasteiger partial charge in [-0.3, -0.25) is 9.59 Å². The van der Waals surface area contributed by atoms with Gasteiger partial charge in [-0.25, -0.2) is 0 Å². The van der Waals surface area contributed by atoms with Gasteiger partial charge in [-0.1, -0.05) is 6.08 Å². The maximum atomic E-state index is 12.0. The summed E-state index contributed by atoms with van der Waals surface area (Å²) in [7, 11) is 3.77. The second-order valence-corrected chi connectivity index (χ2v) is 4.25. The van der Waals surface area contributed by atoms with E-state index in [-0.39, 0.29) is 6.54 Å². The lowest BCUT2D eigenvalue weighted by Crippen LogP contribution is -2.62. The summed E-state index contributed by atoms with van der Waals surface area (Å²) in [5.74, 6) is -1.15. The van der Waals surface area contributed by atoms with Crippen LogP contribution in [0, 0.1) is 0 Å². The molecule has 0 aromatic rings. The van der Waals surface area contributed by atoms with Crippen LogP contribution in [0.3, 0.4) is 0 Å². The molecule has 0 saturated carbocycles.